The van der Waals surface area contributed by atoms with E-state index < -0.39 is 0 Å². The van der Waals surface area contributed by atoms with E-state index in [2.05, 4.69) is 50.5 Å². The molecule has 4 aliphatic rings. The average Bonchev–Trinajstić information content (AvgIpc) is 3.05. The van der Waals surface area contributed by atoms with Crippen LogP contribution in [-0.2, 0) is 9.53 Å². The molecule has 32 heavy (non-hydrogen) atoms. The number of carbonyl (C=O) groups is 1. The summed E-state index contributed by atoms with van der Waals surface area (Å²) in [6, 6.07) is 0. The Morgan fingerprint density at radius 2 is 1.72 bits per heavy atom. The van der Waals surface area contributed by atoms with Crippen molar-refractivity contribution in [2.24, 2.45) is 46.3 Å². The van der Waals surface area contributed by atoms with Gasteiger partial charge in [-0.25, -0.2) is 0 Å². The van der Waals surface area contributed by atoms with Crippen molar-refractivity contribution in [3.8, 4) is 0 Å². The molecular formula is C29H49BrO2. The molecule has 4 rings (SSSR count). The monoisotopic (exact) mass is 508 g/mol. The minimum atomic E-state index is -0.115. The zero-order valence-electron chi connectivity index (χ0n) is 21.7. The number of hydrogen-bond acceptors (Lipinski definition) is 2. The lowest BCUT2D eigenvalue weighted by Gasteiger charge is -2.64. The van der Waals surface area contributed by atoms with Gasteiger partial charge in [-0.2, -0.15) is 0 Å². The second-order valence-electron chi connectivity index (χ2n) is 13.3. The highest BCUT2D eigenvalue weighted by Crippen LogP contribution is 2.70. The summed E-state index contributed by atoms with van der Waals surface area (Å²) >= 11 is 4.29. The highest BCUT2D eigenvalue weighted by Gasteiger charge is 2.64. The Bertz CT molecular complexity index is 691. The van der Waals surface area contributed by atoms with E-state index in [0.29, 0.717) is 10.8 Å². The van der Waals surface area contributed by atoms with Gasteiger partial charge in [0.25, 0.3) is 0 Å². The number of alkyl halides is 1. The number of hydrogen-bond donors (Lipinski definition) is 0. The Hall–Kier alpha value is -0.0500. The molecule has 0 aromatic carbocycles. The van der Waals surface area contributed by atoms with E-state index in [0.717, 1.165) is 48.3 Å². The molecule has 0 spiro atoms. The predicted octanol–water partition coefficient (Wildman–Crippen LogP) is 8.56. The van der Waals surface area contributed by atoms with Gasteiger partial charge in [0.05, 0.1) is 0 Å². The van der Waals surface area contributed by atoms with E-state index in [4.69, 9.17) is 4.74 Å². The van der Waals surface area contributed by atoms with Gasteiger partial charge in [0, 0.05) is 17.7 Å². The van der Waals surface area contributed by atoms with Crippen molar-refractivity contribution in [2.75, 3.05) is 0 Å². The molecule has 4 saturated carbocycles. The zero-order valence-corrected chi connectivity index (χ0v) is 23.3. The van der Waals surface area contributed by atoms with E-state index in [1.807, 2.05) is 0 Å². The number of halogens is 1. The van der Waals surface area contributed by atoms with E-state index in [1.54, 1.807) is 6.92 Å². The topological polar surface area (TPSA) is 26.3 Å². The van der Waals surface area contributed by atoms with Crippen molar-refractivity contribution in [3.05, 3.63) is 0 Å². The quantitative estimate of drug-likeness (QED) is 0.265. The third kappa shape index (κ3) is 4.24. The van der Waals surface area contributed by atoms with Crippen molar-refractivity contribution in [1.29, 1.82) is 0 Å². The number of rotatable bonds is 6. The Balaban J connectivity index is 1.47. The summed E-state index contributed by atoms with van der Waals surface area (Å²) < 4.78 is 5.84. The fourth-order valence-corrected chi connectivity index (χ4v) is 10.6. The van der Waals surface area contributed by atoms with Crippen LogP contribution in [0.3, 0.4) is 0 Å². The molecule has 0 radical (unpaired) electrons. The normalized spacial score (nSPS) is 46.8. The van der Waals surface area contributed by atoms with Gasteiger partial charge in [-0.1, -0.05) is 69.8 Å². The Labute approximate surface area is 206 Å². The van der Waals surface area contributed by atoms with Crippen LogP contribution >= 0.6 is 15.9 Å². The van der Waals surface area contributed by atoms with Gasteiger partial charge in [0.1, 0.15) is 6.10 Å². The highest BCUT2D eigenvalue weighted by atomic mass is 79.9. The highest BCUT2D eigenvalue weighted by molar-refractivity contribution is 9.10. The summed E-state index contributed by atoms with van der Waals surface area (Å²) in [6.07, 6.45) is 16.0. The fourth-order valence-electron chi connectivity index (χ4n) is 9.52. The summed E-state index contributed by atoms with van der Waals surface area (Å²) in [4.78, 5) is 11.6. The molecule has 184 valence electrons. The van der Waals surface area contributed by atoms with Gasteiger partial charge in [0.2, 0.25) is 0 Å². The first-order valence-electron chi connectivity index (χ1n) is 13.9. The van der Waals surface area contributed by atoms with Crippen LogP contribution in [0.5, 0.6) is 0 Å². The van der Waals surface area contributed by atoms with Crippen molar-refractivity contribution >= 4 is 21.9 Å². The molecule has 2 nitrogen and oxygen atoms in total. The van der Waals surface area contributed by atoms with Crippen molar-refractivity contribution in [3.63, 3.8) is 0 Å². The summed E-state index contributed by atoms with van der Waals surface area (Å²) in [5, 5.41) is 0. The van der Waals surface area contributed by atoms with E-state index in [9.17, 15) is 4.79 Å². The second-order valence-corrected chi connectivity index (χ2v) is 14.8. The molecule has 2 unspecified atom stereocenters. The van der Waals surface area contributed by atoms with Crippen LogP contribution in [0.4, 0.5) is 0 Å². The minimum Gasteiger partial charge on any atom is -0.463 e. The molecule has 4 aliphatic carbocycles. The lowest BCUT2D eigenvalue weighted by atomic mass is 9.44. The standard InChI is InChI=1S/C29H49BrO2/c1-19(2)8-7-9-20(3)24-10-11-25-23-13-17-29(30)18-22(32-21(4)31)12-16-28(29,6)26(23)14-15-27(24,25)5/h19-20,22-26H,7-18H2,1-6H3/t20-,22?,23+,24-,25+,26+,27-,28-,29?/m1/s1. The molecule has 0 saturated heterocycles. The van der Waals surface area contributed by atoms with Gasteiger partial charge >= 0.3 is 5.97 Å². The van der Waals surface area contributed by atoms with Crippen molar-refractivity contribution in [2.45, 2.75) is 129 Å². The molecule has 4 fully saturated rings. The molecule has 0 N–H and O–H groups in total. The van der Waals surface area contributed by atoms with Crippen molar-refractivity contribution in [1.82, 2.24) is 0 Å². The Kier molecular flexibility index (Phi) is 7.20. The second kappa shape index (κ2) is 9.19. The van der Waals surface area contributed by atoms with Gasteiger partial charge in [-0.15, -0.1) is 0 Å². The van der Waals surface area contributed by atoms with E-state index >= 15 is 0 Å². The Morgan fingerprint density at radius 3 is 2.41 bits per heavy atom. The molecule has 0 aromatic heterocycles. The summed E-state index contributed by atoms with van der Waals surface area (Å²) in [5.74, 6) is 5.21. The van der Waals surface area contributed by atoms with Crippen molar-refractivity contribution < 1.29 is 9.53 Å². The third-order valence-electron chi connectivity index (χ3n) is 11.2. The van der Waals surface area contributed by atoms with Gasteiger partial charge in [0.15, 0.2) is 0 Å². The maximum Gasteiger partial charge on any atom is 0.302 e. The lowest BCUT2D eigenvalue weighted by molar-refractivity contribution is -0.156. The summed E-state index contributed by atoms with van der Waals surface area (Å²) in [5.41, 5.74) is 0.908. The number of fused-ring (bicyclic) bond motifs is 5. The van der Waals surface area contributed by atoms with Crippen LogP contribution in [0, 0.1) is 46.3 Å². The molecular weight excluding hydrogens is 460 g/mol. The van der Waals surface area contributed by atoms with Gasteiger partial charge < -0.3 is 4.74 Å². The first kappa shape index (κ1) is 25.1. The molecule has 0 aliphatic heterocycles. The predicted molar refractivity (Wildman–Crippen MR) is 137 cm³/mol. The van der Waals surface area contributed by atoms with E-state index in [1.165, 1.54) is 64.2 Å². The maximum atomic E-state index is 11.6. The first-order chi connectivity index (χ1) is 15.0. The van der Waals surface area contributed by atoms with Crippen LogP contribution < -0.4 is 0 Å². The van der Waals surface area contributed by atoms with Gasteiger partial charge in [-0.05, 0) is 97.7 Å². The zero-order chi connectivity index (χ0) is 23.3. The van der Waals surface area contributed by atoms with Crippen LogP contribution in [0.25, 0.3) is 0 Å². The number of ether oxygens (including phenoxy) is 1. The maximum absolute atomic E-state index is 11.6. The molecule has 0 bridgehead atoms. The van der Waals surface area contributed by atoms with Crippen LogP contribution in [0.1, 0.15) is 119 Å². The number of carbonyl (C=O) groups excluding carboxylic acids is 1. The van der Waals surface area contributed by atoms with Crippen LogP contribution in [0.15, 0.2) is 0 Å². The Morgan fingerprint density at radius 1 is 0.969 bits per heavy atom. The number of esters is 1. The molecule has 9 atom stereocenters. The minimum absolute atomic E-state index is 0.105. The SMILES string of the molecule is CC(=O)OC1CC[C@]2(C)[C@H]3CC[C@]4(C)[C@@H]([C@H](C)CCCC(C)C)CC[C@H]4[C@@H]3CCC2(Br)C1. The van der Waals surface area contributed by atoms with Gasteiger partial charge in [-0.3, -0.25) is 4.79 Å². The largest absolute Gasteiger partial charge is 0.463 e. The average molecular weight is 510 g/mol. The van der Waals surface area contributed by atoms with Crippen LogP contribution in [0.2, 0.25) is 0 Å². The molecule has 0 aromatic rings. The first-order valence-corrected chi connectivity index (χ1v) is 14.7. The summed E-state index contributed by atoms with van der Waals surface area (Å²) in [6.45, 7) is 14.2. The molecule has 3 heteroatoms. The van der Waals surface area contributed by atoms with E-state index in [-0.39, 0.29) is 16.4 Å². The molecule has 0 heterocycles. The van der Waals surface area contributed by atoms with Crippen LogP contribution in [-0.4, -0.2) is 16.4 Å². The molecule has 0 amide bonds. The summed E-state index contributed by atoms with van der Waals surface area (Å²) in [7, 11) is 0. The fraction of sp³-hybridized carbons (Fsp3) is 0.966. The third-order valence-corrected chi connectivity index (χ3v) is 12.8. The lowest BCUT2D eigenvalue weighted by Crippen LogP contribution is -2.60. The smallest absolute Gasteiger partial charge is 0.302 e.